The van der Waals surface area contributed by atoms with Crippen molar-refractivity contribution >= 4 is 27.8 Å². The van der Waals surface area contributed by atoms with E-state index >= 15 is 0 Å². The number of hydrogen-bond acceptors (Lipinski definition) is 2. The minimum Gasteiger partial charge on any atom is -0.477 e. The third-order valence-electron chi connectivity index (χ3n) is 2.53. The Kier molecular flexibility index (Phi) is 1.71. The quantitative estimate of drug-likeness (QED) is 0.648. The number of nitrogens with one attached hydrogen (secondary N) is 1. The van der Waals surface area contributed by atoms with Crippen molar-refractivity contribution in [3.63, 3.8) is 0 Å². The third-order valence-corrected chi connectivity index (χ3v) is 2.53. The standard InChI is InChI=1S/C12H7N2O2/c15-12(16)10-5-8-7-3-1-2-4-9(7)14-11(8)6-13-10/h1-5,14H,(H,15,16). The van der Waals surface area contributed by atoms with Gasteiger partial charge in [0.25, 0.3) is 0 Å². The Morgan fingerprint density at radius 2 is 2.12 bits per heavy atom. The number of H-pyrrole nitrogens is 1. The fourth-order valence-corrected chi connectivity index (χ4v) is 1.80. The van der Waals surface area contributed by atoms with Gasteiger partial charge in [-0.3, -0.25) is 0 Å². The first-order chi connectivity index (χ1) is 7.75. The molecule has 2 N–H and O–H groups in total. The SMILES string of the molecule is O=C(O)c1cc2c([c]n1)[nH]c1ccccc12. The zero-order chi connectivity index (χ0) is 11.1. The Labute approximate surface area is 90.5 Å². The predicted molar refractivity (Wildman–Crippen MR) is 59.4 cm³/mol. The van der Waals surface area contributed by atoms with Crippen LogP contribution in [-0.2, 0) is 0 Å². The van der Waals surface area contributed by atoms with Crippen LogP contribution < -0.4 is 0 Å². The number of pyridine rings is 1. The summed E-state index contributed by atoms with van der Waals surface area (Å²) in [5.41, 5.74) is 1.70. The van der Waals surface area contributed by atoms with E-state index in [4.69, 9.17) is 5.11 Å². The van der Waals surface area contributed by atoms with Crippen LogP contribution in [0.5, 0.6) is 0 Å². The van der Waals surface area contributed by atoms with E-state index < -0.39 is 5.97 Å². The second kappa shape index (κ2) is 3.06. The largest absolute Gasteiger partial charge is 0.477 e. The summed E-state index contributed by atoms with van der Waals surface area (Å²) >= 11 is 0. The van der Waals surface area contributed by atoms with E-state index in [-0.39, 0.29) is 5.69 Å². The highest BCUT2D eigenvalue weighted by molar-refractivity contribution is 6.08. The van der Waals surface area contributed by atoms with Crippen molar-refractivity contribution in [2.75, 3.05) is 0 Å². The molecular weight excluding hydrogens is 204 g/mol. The molecule has 0 aliphatic carbocycles. The Hall–Kier alpha value is -2.36. The molecule has 0 bridgehead atoms. The van der Waals surface area contributed by atoms with E-state index in [2.05, 4.69) is 16.2 Å². The third kappa shape index (κ3) is 1.16. The van der Waals surface area contributed by atoms with Crippen molar-refractivity contribution in [1.29, 1.82) is 0 Å². The van der Waals surface area contributed by atoms with Gasteiger partial charge in [0.15, 0.2) is 0 Å². The molecule has 0 fully saturated rings. The van der Waals surface area contributed by atoms with Gasteiger partial charge in [0.1, 0.15) is 11.9 Å². The molecule has 2 heterocycles. The van der Waals surface area contributed by atoms with Crippen LogP contribution in [0.25, 0.3) is 21.8 Å². The number of aromatic carboxylic acids is 1. The van der Waals surface area contributed by atoms with E-state index in [9.17, 15) is 4.79 Å². The summed E-state index contributed by atoms with van der Waals surface area (Å²) in [6.07, 6.45) is 2.70. The summed E-state index contributed by atoms with van der Waals surface area (Å²) in [4.78, 5) is 17.7. The molecule has 0 unspecified atom stereocenters. The average Bonchev–Trinajstić information content (AvgIpc) is 2.66. The zero-order valence-electron chi connectivity index (χ0n) is 8.19. The van der Waals surface area contributed by atoms with Gasteiger partial charge in [-0.25, -0.2) is 9.78 Å². The number of fused-ring (bicyclic) bond motifs is 3. The molecule has 77 valence electrons. The molecule has 0 aliphatic rings. The fourth-order valence-electron chi connectivity index (χ4n) is 1.80. The van der Waals surface area contributed by atoms with Crippen molar-refractivity contribution in [3.8, 4) is 0 Å². The van der Waals surface area contributed by atoms with Crippen molar-refractivity contribution < 1.29 is 9.90 Å². The van der Waals surface area contributed by atoms with Crippen LogP contribution in [0.15, 0.2) is 30.3 Å². The molecule has 4 nitrogen and oxygen atoms in total. The van der Waals surface area contributed by atoms with Gasteiger partial charge in [0, 0.05) is 16.3 Å². The minimum absolute atomic E-state index is 0.0113. The van der Waals surface area contributed by atoms with Crippen molar-refractivity contribution in [2.45, 2.75) is 0 Å². The summed E-state index contributed by atoms with van der Waals surface area (Å²) < 4.78 is 0. The summed E-state index contributed by atoms with van der Waals surface area (Å²) in [7, 11) is 0. The van der Waals surface area contributed by atoms with Gasteiger partial charge in [0.05, 0.1) is 5.52 Å². The van der Waals surface area contributed by atoms with Gasteiger partial charge >= 0.3 is 5.97 Å². The van der Waals surface area contributed by atoms with Crippen molar-refractivity contribution in [3.05, 3.63) is 42.2 Å². The number of para-hydroxylation sites is 1. The number of carboxylic acids is 1. The molecule has 0 spiro atoms. The number of carboxylic acid groups (broad SMARTS) is 1. The fraction of sp³-hybridized carbons (Fsp3) is 0. The molecule has 16 heavy (non-hydrogen) atoms. The van der Waals surface area contributed by atoms with Gasteiger partial charge < -0.3 is 10.1 Å². The number of aromatic amines is 1. The highest BCUT2D eigenvalue weighted by atomic mass is 16.4. The highest BCUT2D eigenvalue weighted by Crippen LogP contribution is 2.24. The second-order valence-corrected chi connectivity index (χ2v) is 3.52. The number of aromatic nitrogens is 2. The van der Waals surface area contributed by atoms with E-state index in [1.54, 1.807) is 6.07 Å². The molecule has 1 aromatic carbocycles. The van der Waals surface area contributed by atoms with E-state index in [1.807, 2.05) is 24.3 Å². The number of hydrogen-bond donors (Lipinski definition) is 2. The number of carbonyl (C=O) groups is 1. The molecule has 2 aromatic heterocycles. The second-order valence-electron chi connectivity index (χ2n) is 3.52. The minimum atomic E-state index is -1.04. The molecule has 0 amide bonds. The first-order valence-corrected chi connectivity index (χ1v) is 4.78. The first-order valence-electron chi connectivity index (χ1n) is 4.78. The average molecular weight is 211 g/mol. The Balaban J connectivity index is 2.44. The molecule has 1 radical (unpaired) electrons. The number of benzene rings is 1. The van der Waals surface area contributed by atoms with Crippen LogP contribution >= 0.6 is 0 Å². The van der Waals surface area contributed by atoms with E-state index in [1.165, 1.54) is 0 Å². The van der Waals surface area contributed by atoms with Gasteiger partial charge in [-0.15, -0.1) is 0 Å². The maximum absolute atomic E-state index is 10.8. The lowest BCUT2D eigenvalue weighted by Gasteiger charge is -1.93. The highest BCUT2D eigenvalue weighted by Gasteiger charge is 2.09. The lowest BCUT2D eigenvalue weighted by atomic mass is 10.1. The van der Waals surface area contributed by atoms with Crippen molar-refractivity contribution in [2.24, 2.45) is 0 Å². The Bertz CT molecular complexity index is 700. The molecule has 3 aromatic rings. The van der Waals surface area contributed by atoms with Crippen LogP contribution in [0.3, 0.4) is 0 Å². The summed E-state index contributed by atoms with van der Waals surface area (Å²) in [6, 6.07) is 9.27. The Morgan fingerprint density at radius 3 is 2.94 bits per heavy atom. The molecule has 3 rings (SSSR count). The lowest BCUT2D eigenvalue weighted by molar-refractivity contribution is 0.0690. The molecular formula is C12H7N2O2. The maximum Gasteiger partial charge on any atom is 0.354 e. The van der Waals surface area contributed by atoms with Crippen LogP contribution in [0.4, 0.5) is 0 Å². The van der Waals surface area contributed by atoms with Crippen LogP contribution in [0, 0.1) is 6.20 Å². The van der Waals surface area contributed by atoms with Crippen LogP contribution in [-0.4, -0.2) is 21.0 Å². The molecule has 4 heteroatoms. The number of nitrogens with zero attached hydrogens (tertiary/aromatic N) is 1. The van der Waals surface area contributed by atoms with Gasteiger partial charge in [0.2, 0.25) is 0 Å². The Morgan fingerprint density at radius 1 is 1.31 bits per heavy atom. The monoisotopic (exact) mass is 211 g/mol. The van der Waals surface area contributed by atoms with E-state index in [0.717, 1.165) is 21.8 Å². The van der Waals surface area contributed by atoms with Gasteiger partial charge in [-0.1, -0.05) is 18.2 Å². The molecule has 0 aliphatic heterocycles. The molecule has 0 saturated carbocycles. The van der Waals surface area contributed by atoms with E-state index in [0.29, 0.717) is 0 Å². The predicted octanol–water partition coefficient (Wildman–Crippen LogP) is 2.21. The van der Waals surface area contributed by atoms with Gasteiger partial charge in [-0.2, -0.15) is 0 Å². The summed E-state index contributed by atoms with van der Waals surface area (Å²) in [5.74, 6) is -1.04. The molecule has 0 atom stereocenters. The normalized spacial score (nSPS) is 11.0. The molecule has 0 saturated heterocycles. The van der Waals surface area contributed by atoms with Crippen LogP contribution in [0.1, 0.15) is 10.5 Å². The maximum atomic E-state index is 10.8. The zero-order valence-corrected chi connectivity index (χ0v) is 8.19. The van der Waals surface area contributed by atoms with Gasteiger partial charge in [-0.05, 0) is 12.1 Å². The summed E-state index contributed by atoms with van der Waals surface area (Å²) in [6.45, 7) is 0. The smallest absolute Gasteiger partial charge is 0.354 e. The number of rotatable bonds is 1. The van der Waals surface area contributed by atoms with Crippen molar-refractivity contribution in [1.82, 2.24) is 9.97 Å². The first kappa shape index (κ1) is 8.91. The van der Waals surface area contributed by atoms with Crippen LogP contribution in [0.2, 0.25) is 0 Å². The topological polar surface area (TPSA) is 66.0 Å². The summed E-state index contributed by atoms with van der Waals surface area (Å²) in [5, 5.41) is 10.7. The lowest BCUT2D eigenvalue weighted by Crippen LogP contribution is -1.98.